The molecule has 3 heterocycles. The molecular weight excluding hydrogens is 222 g/mol. The Hall–Kier alpha value is -1.56. The molecule has 2 atom stereocenters. The highest BCUT2D eigenvalue weighted by atomic mass is 16.5. The van der Waals surface area contributed by atoms with Gasteiger partial charge in [-0.25, -0.2) is 0 Å². The van der Waals surface area contributed by atoms with Gasteiger partial charge in [0.25, 0.3) is 11.8 Å². The molecule has 0 aliphatic carbocycles. The van der Waals surface area contributed by atoms with Crippen LogP contribution in [0.25, 0.3) is 0 Å². The third kappa shape index (κ3) is 1.68. The number of carbonyl (C=O) groups excluding carboxylic acids is 1. The highest BCUT2D eigenvalue weighted by Crippen LogP contribution is 2.31. The minimum Gasteiger partial charge on any atom is -0.479 e. The second-order valence-corrected chi connectivity index (χ2v) is 4.51. The number of nitrogens with one attached hydrogen (secondary N) is 1. The maximum atomic E-state index is 12.1. The summed E-state index contributed by atoms with van der Waals surface area (Å²) in [7, 11) is 1.50. The maximum absolute atomic E-state index is 12.1. The van der Waals surface area contributed by atoms with Crippen LogP contribution < -0.4 is 10.1 Å². The third-order valence-corrected chi connectivity index (χ3v) is 3.59. The van der Waals surface area contributed by atoms with E-state index in [-0.39, 0.29) is 11.7 Å². The monoisotopic (exact) mass is 237 g/mol. The van der Waals surface area contributed by atoms with Gasteiger partial charge in [0.05, 0.1) is 13.2 Å². The Bertz CT molecular complexity index is 431. The molecule has 6 nitrogen and oxygen atoms in total. The Morgan fingerprint density at radius 1 is 1.71 bits per heavy atom. The van der Waals surface area contributed by atoms with Crippen LogP contribution in [0.2, 0.25) is 0 Å². The van der Waals surface area contributed by atoms with Gasteiger partial charge in [-0.1, -0.05) is 0 Å². The average Bonchev–Trinajstić information content (AvgIpc) is 2.79. The zero-order chi connectivity index (χ0) is 11.8. The second-order valence-electron chi connectivity index (χ2n) is 4.51. The lowest BCUT2D eigenvalue weighted by molar-refractivity contribution is -0.000169. The zero-order valence-electron chi connectivity index (χ0n) is 9.68. The number of fused-ring (bicyclic) bond motifs is 1. The molecule has 92 valence electrons. The van der Waals surface area contributed by atoms with Gasteiger partial charge in [0.2, 0.25) is 5.76 Å². The standard InChI is InChI=1S/C11H15N3O3/c1-16-10-4-9(17-13-10)11(15)14-6-7-2-3-12-5-8(7)14/h4,7-8,12H,2-3,5-6H2,1H3. The number of ether oxygens (including phenoxy) is 1. The molecule has 1 amide bonds. The first-order chi connectivity index (χ1) is 8.29. The molecule has 2 unspecified atom stereocenters. The first-order valence-electron chi connectivity index (χ1n) is 5.82. The summed E-state index contributed by atoms with van der Waals surface area (Å²) >= 11 is 0. The van der Waals surface area contributed by atoms with E-state index in [1.165, 1.54) is 13.2 Å². The van der Waals surface area contributed by atoms with Crippen molar-refractivity contribution < 1.29 is 14.1 Å². The van der Waals surface area contributed by atoms with E-state index < -0.39 is 0 Å². The number of carbonyl (C=O) groups is 1. The van der Waals surface area contributed by atoms with E-state index >= 15 is 0 Å². The normalized spacial score (nSPS) is 27.2. The predicted octanol–water partition coefficient (Wildman–Crippen LogP) is 0.117. The molecule has 2 saturated heterocycles. The van der Waals surface area contributed by atoms with Gasteiger partial charge in [-0.15, -0.1) is 0 Å². The van der Waals surface area contributed by atoms with E-state index in [4.69, 9.17) is 9.26 Å². The smallest absolute Gasteiger partial charge is 0.292 e. The summed E-state index contributed by atoms with van der Waals surface area (Å²) in [5.41, 5.74) is 0. The van der Waals surface area contributed by atoms with Crippen molar-refractivity contribution in [3.8, 4) is 5.88 Å². The number of piperidine rings is 1. The Labute approximate surface area is 98.9 Å². The van der Waals surface area contributed by atoms with Crippen LogP contribution in [0.4, 0.5) is 0 Å². The number of aromatic nitrogens is 1. The minimum absolute atomic E-state index is 0.0919. The fourth-order valence-electron chi connectivity index (χ4n) is 2.56. The van der Waals surface area contributed by atoms with Gasteiger partial charge >= 0.3 is 0 Å². The lowest BCUT2D eigenvalue weighted by Crippen LogP contribution is -2.65. The second kappa shape index (κ2) is 4.03. The van der Waals surface area contributed by atoms with Crippen molar-refractivity contribution in [2.45, 2.75) is 12.5 Å². The molecule has 17 heavy (non-hydrogen) atoms. The van der Waals surface area contributed by atoms with Crippen LogP contribution >= 0.6 is 0 Å². The molecule has 1 aromatic heterocycles. The van der Waals surface area contributed by atoms with E-state index in [9.17, 15) is 4.79 Å². The van der Waals surface area contributed by atoms with Crippen molar-refractivity contribution in [1.29, 1.82) is 0 Å². The highest BCUT2D eigenvalue weighted by molar-refractivity contribution is 5.92. The van der Waals surface area contributed by atoms with Crippen molar-refractivity contribution in [3.05, 3.63) is 11.8 Å². The summed E-state index contributed by atoms with van der Waals surface area (Å²) in [5.74, 6) is 1.15. The summed E-state index contributed by atoms with van der Waals surface area (Å²) in [4.78, 5) is 14.0. The van der Waals surface area contributed by atoms with E-state index in [1.807, 2.05) is 4.90 Å². The van der Waals surface area contributed by atoms with Gasteiger partial charge in [-0.2, -0.15) is 0 Å². The van der Waals surface area contributed by atoms with Crippen molar-refractivity contribution in [2.24, 2.45) is 5.92 Å². The summed E-state index contributed by atoms with van der Waals surface area (Å²) in [5, 5.41) is 6.94. The van der Waals surface area contributed by atoms with Gasteiger partial charge in [0, 0.05) is 19.1 Å². The predicted molar refractivity (Wildman–Crippen MR) is 58.9 cm³/mol. The van der Waals surface area contributed by atoms with Gasteiger partial charge < -0.3 is 19.5 Å². The molecular formula is C11H15N3O3. The Balaban J connectivity index is 1.70. The number of methoxy groups -OCH3 is 1. The molecule has 0 aromatic carbocycles. The van der Waals surface area contributed by atoms with Gasteiger partial charge in [-0.3, -0.25) is 4.79 Å². The van der Waals surface area contributed by atoms with Crippen molar-refractivity contribution in [2.75, 3.05) is 26.7 Å². The number of hydrogen-bond donors (Lipinski definition) is 1. The minimum atomic E-state index is -0.0919. The van der Waals surface area contributed by atoms with Crippen LogP contribution in [-0.4, -0.2) is 48.7 Å². The summed E-state index contributed by atoms with van der Waals surface area (Å²) < 4.78 is 9.86. The first kappa shape index (κ1) is 10.6. The maximum Gasteiger partial charge on any atom is 0.292 e. The number of rotatable bonds is 2. The molecule has 3 rings (SSSR count). The van der Waals surface area contributed by atoms with Crippen molar-refractivity contribution >= 4 is 5.91 Å². The Morgan fingerprint density at radius 2 is 2.59 bits per heavy atom. The third-order valence-electron chi connectivity index (χ3n) is 3.59. The van der Waals surface area contributed by atoms with E-state index in [0.29, 0.717) is 17.8 Å². The lowest BCUT2D eigenvalue weighted by Gasteiger charge is -2.50. The number of hydrogen-bond acceptors (Lipinski definition) is 5. The largest absolute Gasteiger partial charge is 0.479 e. The van der Waals surface area contributed by atoms with Crippen LogP contribution in [0.1, 0.15) is 17.0 Å². The van der Waals surface area contributed by atoms with Crippen molar-refractivity contribution in [3.63, 3.8) is 0 Å². The Kier molecular flexibility index (Phi) is 2.51. The molecule has 0 spiro atoms. The van der Waals surface area contributed by atoms with Crippen molar-refractivity contribution in [1.82, 2.24) is 15.4 Å². The van der Waals surface area contributed by atoms with Crippen LogP contribution in [-0.2, 0) is 0 Å². The lowest BCUT2D eigenvalue weighted by atomic mass is 9.83. The van der Waals surface area contributed by atoms with E-state index in [1.54, 1.807) is 0 Å². The van der Waals surface area contributed by atoms with Gasteiger partial charge in [0.1, 0.15) is 0 Å². The van der Waals surface area contributed by atoms with Crippen LogP contribution in [0.3, 0.4) is 0 Å². The molecule has 6 heteroatoms. The fourth-order valence-corrected chi connectivity index (χ4v) is 2.56. The van der Waals surface area contributed by atoms with Crippen LogP contribution in [0.15, 0.2) is 10.6 Å². The van der Waals surface area contributed by atoms with Gasteiger partial charge in [-0.05, 0) is 24.0 Å². The topological polar surface area (TPSA) is 67.6 Å². The number of amides is 1. The molecule has 2 aliphatic rings. The first-order valence-corrected chi connectivity index (χ1v) is 5.82. The molecule has 1 aromatic rings. The molecule has 0 bridgehead atoms. The number of nitrogens with zero attached hydrogens (tertiary/aromatic N) is 2. The fraction of sp³-hybridized carbons (Fsp3) is 0.636. The van der Waals surface area contributed by atoms with E-state index in [2.05, 4.69) is 10.5 Å². The number of likely N-dealkylation sites (tertiary alicyclic amines) is 1. The molecule has 2 fully saturated rings. The van der Waals surface area contributed by atoms with Gasteiger partial charge in [0.15, 0.2) is 0 Å². The summed E-state index contributed by atoms with van der Waals surface area (Å²) in [6, 6.07) is 1.85. The highest BCUT2D eigenvalue weighted by Gasteiger charge is 2.44. The molecule has 0 radical (unpaired) electrons. The zero-order valence-corrected chi connectivity index (χ0v) is 9.68. The summed E-state index contributed by atoms with van der Waals surface area (Å²) in [6.45, 7) is 2.76. The summed E-state index contributed by atoms with van der Waals surface area (Å²) in [6.07, 6.45) is 1.15. The average molecular weight is 237 g/mol. The van der Waals surface area contributed by atoms with E-state index in [0.717, 1.165) is 26.1 Å². The van der Waals surface area contributed by atoms with Crippen LogP contribution in [0, 0.1) is 5.92 Å². The molecule has 0 saturated carbocycles. The SMILES string of the molecule is COc1cc(C(=O)N2CC3CCNCC32)on1. The quantitative estimate of drug-likeness (QED) is 0.791. The Morgan fingerprint density at radius 3 is 3.29 bits per heavy atom. The van der Waals surface area contributed by atoms with Crippen LogP contribution in [0.5, 0.6) is 5.88 Å². The molecule has 2 aliphatic heterocycles. The molecule has 1 N–H and O–H groups in total.